The molecule has 1 atom stereocenters. The highest BCUT2D eigenvalue weighted by Crippen LogP contribution is 2.29. The van der Waals surface area contributed by atoms with Crippen LogP contribution in [0.5, 0.6) is 0 Å². The third-order valence-corrected chi connectivity index (χ3v) is 4.56. The van der Waals surface area contributed by atoms with Crippen LogP contribution in [0.25, 0.3) is 5.65 Å². The standard InChI is InChI=1S/C16H18N6O/c1-2-17-16(23-13-11-21-9-6-12(13)7-10-21)18-15-20-19-14-5-3-4-8-22(14)15/h1,3-5,8,12-13H,6-7,9-11H2,(H,17,18,20). The van der Waals surface area contributed by atoms with Gasteiger partial charge in [0.15, 0.2) is 5.65 Å². The second-order valence-corrected chi connectivity index (χ2v) is 5.92. The van der Waals surface area contributed by atoms with Gasteiger partial charge in [-0.3, -0.25) is 14.6 Å². The summed E-state index contributed by atoms with van der Waals surface area (Å²) in [5.74, 6) is 1.11. The lowest BCUT2D eigenvalue weighted by atomic mass is 9.86. The van der Waals surface area contributed by atoms with Gasteiger partial charge in [-0.25, -0.2) is 0 Å². The SMILES string of the molecule is C#CN=C(Nc1nnc2ccccn12)OC1CN2CCC1CC2. The molecule has 118 valence electrons. The quantitative estimate of drug-likeness (QED) is 0.513. The smallest absolute Gasteiger partial charge is 0.305 e. The van der Waals surface area contributed by atoms with Crippen LogP contribution in [-0.4, -0.2) is 51.3 Å². The number of piperidine rings is 3. The molecule has 0 spiro atoms. The zero-order valence-electron chi connectivity index (χ0n) is 12.7. The number of hydrogen-bond acceptors (Lipinski definition) is 5. The molecule has 0 aliphatic carbocycles. The number of aliphatic imine (C=N–C) groups is 1. The Morgan fingerprint density at radius 1 is 1.35 bits per heavy atom. The van der Waals surface area contributed by atoms with Crippen LogP contribution in [0.2, 0.25) is 0 Å². The molecule has 1 unspecified atom stereocenters. The Kier molecular flexibility index (Phi) is 3.60. The fourth-order valence-corrected chi connectivity index (χ4v) is 3.35. The summed E-state index contributed by atoms with van der Waals surface area (Å²) < 4.78 is 7.89. The molecular formula is C16H18N6O. The average Bonchev–Trinajstić information content (AvgIpc) is 2.99. The van der Waals surface area contributed by atoms with Gasteiger partial charge < -0.3 is 4.74 Å². The van der Waals surface area contributed by atoms with Crippen molar-refractivity contribution in [3.8, 4) is 12.5 Å². The van der Waals surface area contributed by atoms with Crippen molar-refractivity contribution in [3.05, 3.63) is 24.4 Å². The molecule has 0 aromatic carbocycles. The normalized spacial score (nSPS) is 26.9. The number of aromatic nitrogens is 3. The van der Waals surface area contributed by atoms with E-state index in [4.69, 9.17) is 11.2 Å². The van der Waals surface area contributed by atoms with E-state index in [-0.39, 0.29) is 6.10 Å². The highest BCUT2D eigenvalue weighted by atomic mass is 16.5. The van der Waals surface area contributed by atoms with Gasteiger partial charge >= 0.3 is 6.02 Å². The Morgan fingerprint density at radius 2 is 2.22 bits per heavy atom. The Labute approximate surface area is 134 Å². The first-order valence-corrected chi connectivity index (χ1v) is 7.82. The Balaban J connectivity index is 1.52. The molecule has 0 radical (unpaired) electrons. The molecule has 2 bridgehead atoms. The van der Waals surface area contributed by atoms with Gasteiger partial charge in [-0.15, -0.1) is 15.2 Å². The van der Waals surface area contributed by atoms with Crippen molar-refractivity contribution in [2.24, 2.45) is 10.9 Å². The van der Waals surface area contributed by atoms with Crippen molar-refractivity contribution in [1.82, 2.24) is 19.5 Å². The molecule has 0 amide bonds. The number of nitrogens with one attached hydrogen (secondary N) is 1. The fraction of sp³-hybridized carbons (Fsp3) is 0.438. The summed E-state index contributed by atoms with van der Waals surface area (Å²) in [6.07, 6.45) is 9.67. The minimum Gasteiger partial charge on any atom is -0.459 e. The van der Waals surface area contributed by atoms with E-state index in [1.54, 1.807) is 0 Å². The van der Waals surface area contributed by atoms with E-state index in [0.717, 1.165) is 25.3 Å². The molecule has 0 saturated carbocycles. The van der Waals surface area contributed by atoms with Crippen LogP contribution in [0.4, 0.5) is 5.95 Å². The van der Waals surface area contributed by atoms with E-state index in [2.05, 4.69) is 31.5 Å². The maximum Gasteiger partial charge on any atom is 0.305 e. The highest BCUT2D eigenvalue weighted by molar-refractivity contribution is 5.88. The van der Waals surface area contributed by atoms with Crippen LogP contribution in [0.1, 0.15) is 12.8 Å². The fourth-order valence-electron chi connectivity index (χ4n) is 3.35. The number of pyridine rings is 1. The first-order chi connectivity index (χ1) is 11.3. The molecule has 3 aliphatic heterocycles. The van der Waals surface area contributed by atoms with Gasteiger partial charge in [0.25, 0.3) is 0 Å². The summed E-state index contributed by atoms with van der Waals surface area (Å²) in [5, 5.41) is 11.3. The lowest BCUT2D eigenvalue weighted by Crippen LogP contribution is -2.52. The number of amidine groups is 1. The zero-order chi connectivity index (χ0) is 15.6. The predicted octanol–water partition coefficient (Wildman–Crippen LogP) is 1.20. The summed E-state index contributed by atoms with van der Waals surface area (Å²) in [4.78, 5) is 6.42. The van der Waals surface area contributed by atoms with Crippen molar-refractivity contribution in [2.45, 2.75) is 18.9 Å². The molecular weight excluding hydrogens is 292 g/mol. The number of fused-ring (bicyclic) bond motifs is 4. The minimum atomic E-state index is 0.122. The number of rotatable bonds is 2. The number of nitrogens with zero attached hydrogens (tertiary/aromatic N) is 5. The maximum absolute atomic E-state index is 6.06. The average molecular weight is 310 g/mol. The second kappa shape index (κ2) is 5.89. The Hall–Kier alpha value is -2.59. The zero-order valence-corrected chi connectivity index (χ0v) is 12.7. The Morgan fingerprint density at radius 3 is 2.96 bits per heavy atom. The van der Waals surface area contributed by atoms with Crippen LogP contribution in [0, 0.1) is 18.4 Å². The summed E-state index contributed by atoms with van der Waals surface area (Å²) in [7, 11) is 0. The van der Waals surface area contributed by atoms with Gasteiger partial charge in [-0.05, 0) is 44.0 Å². The van der Waals surface area contributed by atoms with Crippen molar-refractivity contribution in [1.29, 1.82) is 0 Å². The number of anilines is 1. The van der Waals surface area contributed by atoms with Crippen molar-refractivity contribution >= 4 is 17.6 Å². The third kappa shape index (κ3) is 2.73. The molecule has 5 heterocycles. The molecule has 3 fully saturated rings. The monoisotopic (exact) mass is 310 g/mol. The van der Waals surface area contributed by atoms with Crippen LogP contribution < -0.4 is 5.32 Å². The molecule has 2 aromatic heterocycles. The summed E-state index contributed by atoms with van der Waals surface area (Å²) >= 11 is 0. The van der Waals surface area contributed by atoms with Crippen molar-refractivity contribution in [2.75, 3.05) is 25.0 Å². The third-order valence-electron chi connectivity index (χ3n) is 4.56. The van der Waals surface area contributed by atoms with E-state index >= 15 is 0 Å². The molecule has 23 heavy (non-hydrogen) atoms. The highest BCUT2D eigenvalue weighted by Gasteiger charge is 2.36. The van der Waals surface area contributed by atoms with Gasteiger partial charge in [0.2, 0.25) is 5.95 Å². The Bertz CT molecular complexity index is 768. The second-order valence-electron chi connectivity index (χ2n) is 5.92. The lowest BCUT2D eigenvalue weighted by molar-refractivity contribution is -0.0145. The van der Waals surface area contributed by atoms with E-state index in [0.29, 0.717) is 17.9 Å². The largest absolute Gasteiger partial charge is 0.459 e. The molecule has 2 aromatic rings. The first-order valence-electron chi connectivity index (χ1n) is 7.82. The van der Waals surface area contributed by atoms with E-state index in [1.807, 2.05) is 28.8 Å². The predicted molar refractivity (Wildman–Crippen MR) is 86.9 cm³/mol. The lowest BCUT2D eigenvalue weighted by Gasteiger charge is -2.44. The van der Waals surface area contributed by atoms with Crippen LogP contribution in [-0.2, 0) is 4.74 Å². The van der Waals surface area contributed by atoms with Crippen molar-refractivity contribution in [3.63, 3.8) is 0 Å². The van der Waals surface area contributed by atoms with Gasteiger partial charge in [0.1, 0.15) is 6.10 Å². The first kappa shape index (κ1) is 14.0. The van der Waals surface area contributed by atoms with Crippen LogP contribution in [0.3, 0.4) is 0 Å². The molecule has 3 aliphatic rings. The summed E-state index contributed by atoms with van der Waals surface area (Å²) in [6, 6.07) is 8.30. The minimum absolute atomic E-state index is 0.122. The molecule has 3 saturated heterocycles. The van der Waals surface area contributed by atoms with Gasteiger partial charge in [0, 0.05) is 18.8 Å². The van der Waals surface area contributed by atoms with E-state index in [9.17, 15) is 0 Å². The number of terminal acetylenes is 1. The van der Waals surface area contributed by atoms with Crippen LogP contribution in [0.15, 0.2) is 29.4 Å². The van der Waals surface area contributed by atoms with Gasteiger partial charge in [0.05, 0.1) is 0 Å². The molecule has 7 nitrogen and oxygen atoms in total. The topological polar surface area (TPSA) is 67.0 Å². The van der Waals surface area contributed by atoms with Gasteiger partial charge in [-0.2, -0.15) is 0 Å². The maximum atomic E-state index is 6.06. The number of hydrogen-bond donors (Lipinski definition) is 1. The van der Waals surface area contributed by atoms with Crippen molar-refractivity contribution < 1.29 is 4.74 Å². The molecule has 1 N–H and O–H groups in total. The van der Waals surface area contributed by atoms with E-state index in [1.165, 1.54) is 12.8 Å². The summed E-state index contributed by atoms with van der Waals surface area (Å²) in [5.41, 5.74) is 0.748. The number of ether oxygens (including phenoxy) is 1. The van der Waals surface area contributed by atoms with Gasteiger partial charge in [-0.1, -0.05) is 12.5 Å². The molecule has 7 heteroatoms. The van der Waals surface area contributed by atoms with Crippen LogP contribution >= 0.6 is 0 Å². The molecule has 5 rings (SSSR count). The summed E-state index contributed by atoms with van der Waals surface area (Å²) in [6.45, 7) is 3.25. The van der Waals surface area contributed by atoms with E-state index < -0.39 is 0 Å².